The first kappa shape index (κ1) is 19.3. The second-order valence-electron chi connectivity index (χ2n) is 6.72. The molecule has 1 N–H and O–H groups in total. The van der Waals surface area contributed by atoms with Crippen LogP contribution in [0.25, 0.3) is 0 Å². The molecule has 2 aromatic rings. The van der Waals surface area contributed by atoms with E-state index >= 15 is 0 Å². The molecule has 0 amide bonds. The van der Waals surface area contributed by atoms with E-state index in [9.17, 15) is 18.5 Å². The molecule has 0 unspecified atom stereocenters. The molecule has 0 saturated carbocycles. The first-order chi connectivity index (χ1) is 12.9. The van der Waals surface area contributed by atoms with E-state index in [2.05, 4.69) is 9.62 Å². The molecular weight excluding hydrogens is 366 g/mol. The molecule has 8 heteroatoms. The predicted octanol–water partition coefficient (Wildman–Crippen LogP) is 3.20. The maximum absolute atomic E-state index is 12.3. The van der Waals surface area contributed by atoms with E-state index in [4.69, 9.17) is 0 Å². The molecule has 0 bridgehead atoms. The van der Waals surface area contributed by atoms with Crippen LogP contribution in [0.3, 0.4) is 0 Å². The normalized spacial score (nSPS) is 14.9. The zero-order valence-corrected chi connectivity index (χ0v) is 15.8. The smallest absolute Gasteiger partial charge is 0.269 e. The van der Waals surface area contributed by atoms with Gasteiger partial charge in [0.15, 0.2) is 0 Å². The Hall–Kier alpha value is -2.45. The van der Waals surface area contributed by atoms with Crippen LogP contribution in [0.2, 0.25) is 0 Å². The van der Waals surface area contributed by atoms with Gasteiger partial charge in [-0.25, -0.2) is 13.1 Å². The number of hydrogen-bond donors (Lipinski definition) is 1. The number of nitrogens with one attached hydrogen (secondary N) is 1. The van der Waals surface area contributed by atoms with Crippen molar-refractivity contribution in [1.82, 2.24) is 4.72 Å². The van der Waals surface area contributed by atoms with Crippen LogP contribution in [0.1, 0.15) is 30.4 Å². The van der Waals surface area contributed by atoms with Crippen LogP contribution >= 0.6 is 0 Å². The van der Waals surface area contributed by atoms with Crippen molar-refractivity contribution in [1.29, 1.82) is 0 Å². The summed E-state index contributed by atoms with van der Waals surface area (Å²) in [5.74, 6) is -0.291. The van der Waals surface area contributed by atoms with Gasteiger partial charge in [-0.3, -0.25) is 10.1 Å². The highest BCUT2D eigenvalue weighted by atomic mass is 32.2. The number of benzene rings is 2. The highest BCUT2D eigenvalue weighted by molar-refractivity contribution is 7.88. The highest BCUT2D eigenvalue weighted by Gasteiger charge is 2.15. The SMILES string of the molecule is O=[N+]([O-])c1cccc(CS(=O)(=O)NCc2ccc(N3CCCCC3)cc2)c1. The average molecular weight is 389 g/mol. The Kier molecular flexibility index (Phi) is 6.08. The molecule has 3 rings (SSSR count). The van der Waals surface area contributed by atoms with Crippen LogP contribution in [-0.2, 0) is 22.3 Å². The summed E-state index contributed by atoms with van der Waals surface area (Å²) >= 11 is 0. The van der Waals surface area contributed by atoms with E-state index in [-0.39, 0.29) is 18.0 Å². The molecule has 2 aromatic carbocycles. The summed E-state index contributed by atoms with van der Waals surface area (Å²) in [6.45, 7) is 2.32. The van der Waals surface area contributed by atoms with Crippen LogP contribution in [0, 0.1) is 10.1 Å². The fraction of sp³-hybridized carbons (Fsp3) is 0.368. The Balaban J connectivity index is 1.58. The number of anilines is 1. The zero-order chi connectivity index (χ0) is 19.3. The minimum atomic E-state index is -3.59. The zero-order valence-electron chi connectivity index (χ0n) is 15.0. The molecule has 1 aliphatic heterocycles. The van der Waals surface area contributed by atoms with Gasteiger partial charge in [0.2, 0.25) is 10.0 Å². The lowest BCUT2D eigenvalue weighted by molar-refractivity contribution is -0.384. The van der Waals surface area contributed by atoms with Gasteiger partial charge >= 0.3 is 0 Å². The summed E-state index contributed by atoms with van der Waals surface area (Å²) in [7, 11) is -3.59. The highest BCUT2D eigenvalue weighted by Crippen LogP contribution is 2.20. The first-order valence-corrected chi connectivity index (χ1v) is 10.6. The molecule has 0 radical (unpaired) electrons. The number of nitrogens with zero attached hydrogens (tertiary/aromatic N) is 2. The third kappa shape index (κ3) is 5.51. The number of non-ortho nitro benzene ring substituents is 1. The molecule has 144 valence electrons. The average Bonchev–Trinajstić information content (AvgIpc) is 2.67. The van der Waals surface area contributed by atoms with Crippen molar-refractivity contribution in [3.8, 4) is 0 Å². The maximum atomic E-state index is 12.3. The van der Waals surface area contributed by atoms with Crippen LogP contribution in [0.5, 0.6) is 0 Å². The van der Waals surface area contributed by atoms with E-state index in [1.165, 1.54) is 37.5 Å². The molecule has 1 saturated heterocycles. The van der Waals surface area contributed by atoms with E-state index < -0.39 is 14.9 Å². The molecule has 0 aromatic heterocycles. The van der Waals surface area contributed by atoms with E-state index in [1.54, 1.807) is 6.07 Å². The molecule has 27 heavy (non-hydrogen) atoms. The van der Waals surface area contributed by atoms with Gasteiger partial charge in [-0.2, -0.15) is 0 Å². The van der Waals surface area contributed by atoms with Crippen molar-refractivity contribution in [3.63, 3.8) is 0 Å². The molecule has 7 nitrogen and oxygen atoms in total. The van der Waals surface area contributed by atoms with Crippen LogP contribution in [0.4, 0.5) is 11.4 Å². The second-order valence-corrected chi connectivity index (χ2v) is 8.53. The third-order valence-electron chi connectivity index (χ3n) is 4.63. The van der Waals surface area contributed by atoms with Gasteiger partial charge < -0.3 is 4.90 Å². The number of rotatable bonds is 7. The summed E-state index contributed by atoms with van der Waals surface area (Å²) in [5.41, 5.74) is 2.31. The summed E-state index contributed by atoms with van der Waals surface area (Å²) in [5, 5.41) is 10.8. The Morgan fingerprint density at radius 2 is 1.70 bits per heavy atom. The van der Waals surface area contributed by atoms with Crippen molar-refractivity contribution in [2.45, 2.75) is 31.6 Å². The van der Waals surface area contributed by atoms with E-state index in [0.29, 0.717) is 5.56 Å². The monoisotopic (exact) mass is 389 g/mol. The van der Waals surface area contributed by atoms with Gasteiger partial charge in [-0.1, -0.05) is 24.3 Å². The van der Waals surface area contributed by atoms with E-state index in [1.807, 2.05) is 24.3 Å². The summed E-state index contributed by atoms with van der Waals surface area (Å²) in [4.78, 5) is 12.6. The van der Waals surface area contributed by atoms with Crippen molar-refractivity contribution in [2.24, 2.45) is 0 Å². The van der Waals surface area contributed by atoms with E-state index in [0.717, 1.165) is 24.3 Å². The van der Waals surface area contributed by atoms with Gasteiger partial charge in [0.05, 0.1) is 10.7 Å². The maximum Gasteiger partial charge on any atom is 0.269 e. The lowest BCUT2D eigenvalue weighted by Gasteiger charge is -2.28. The molecule has 1 aliphatic rings. The minimum absolute atomic E-state index is 0.115. The van der Waals surface area contributed by atoms with Crippen molar-refractivity contribution in [2.75, 3.05) is 18.0 Å². The third-order valence-corrected chi connectivity index (χ3v) is 5.93. The summed E-state index contributed by atoms with van der Waals surface area (Å²) < 4.78 is 27.1. The van der Waals surface area contributed by atoms with Crippen molar-refractivity contribution >= 4 is 21.4 Å². The molecule has 0 spiro atoms. The Labute approximate surface area is 159 Å². The number of piperidine rings is 1. The molecule has 0 aliphatic carbocycles. The van der Waals surface area contributed by atoms with Gasteiger partial charge in [0, 0.05) is 37.5 Å². The van der Waals surface area contributed by atoms with Gasteiger partial charge in [0.1, 0.15) is 0 Å². The largest absolute Gasteiger partial charge is 0.372 e. The fourth-order valence-electron chi connectivity index (χ4n) is 3.20. The number of hydrogen-bond acceptors (Lipinski definition) is 5. The Morgan fingerprint density at radius 3 is 2.37 bits per heavy atom. The lowest BCUT2D eigenvalue weighted by Crippen LogP contribution is -2.29. The van der Waals surface area contributed by atoms with Crippen LogP contribution in [0.15, 0.2) is 48.5 Å². The molecule has 0 atom stereocenters. The molecule has 1 heterocycles. The van der Waals surface area contributed by atoms with Crippen LogP contribution < -0.4 is 9.62 Å². The first-order valence-electron chi connectivity index (χ1n) is 8.97. The summed E-state index contributed by atoms with van der Waals surface area (Å²) in [6, 6.07) is 13.6. The van der Waals surface area contributed by atoms with Gasteiger partial charge in [0.25, 0.3) is 5.69 Å². The quantitative estimate of drug-likeness (QED) is 0.580. The lowest BCUT2D eigenvalue weighted by atomic mass is 10.1. The Morgan fingerprint density at radius 1 is 1.00 bits per heavy atom. The predicted molar refractivity (Wildman–Crippen MR) is 105 cm³/mol. The standard InChI is InChI=1S/C19H23N3O4S/c23-22(24)19-6-4-5-17(13-19)15-27(25,26)20-14-16-7-9-18(10-8-16)21-11-2-1-3-12-21/h4-10,13,20H,1-3,11-12,14-15H2. The van der Waals surface area contributed by atoms with Crippen molar-refractivity contribution < 1.29 is 13.3 Å². The number of nitro groups is 1. The summed E-state index contributed by atoms with van der Waals surface area (Å²) in [6.07, 6.45) is 3.69. The van der Waals surface area contributed by atoms with Gasteiger partial charge in [-0.05, 0) is 42.5 Å². The fourth-order valence-corrected chi connectivity index (χ4v) is 4.31. The van der Waals surface area contributed by atoms with Gasteiger partial charge in [-0.15, -0.1) is 0 Å². The van der Waals surface area contributed by atoms with Crippen molar-refractivity contribution in [3.05, 3.63) is 69.8 Å². The van der Waals surface area contributed by atoms with Crippen LogP contribution in [-0.4, -0.2) is 26.4 Å². The number of nitro benzene ring substituents is 1. The molecule has 1 fully saturated rings. The second kappa shape index (κ2) is 8.49. The number of sulfonamides is 1. The minimum Gasteiger partial charge on any atom is -0.372 e. The topological polar surface area (TPSA) is 92.5 Å². The Bertz CT molecular complexity index is 891. The molecular formula is C19H23N3O4S.